The lowest BCUT2D eigenvalue weighted by Crippen LogP contribution is -2.11. The van der Waals surface area contributed by atoms with Crippen molar-refractivity contribution in [1.29, 1.82) is 0 Å². The highest BCUT2D eigenvalue weighted by Crippen LogP contribution is 2.19. The van der Waals surface area contributed by atoms with Gasteiger partial charge in [0.05, 0.1) is 17.9 Å². The first-order valence-electron chi connectivity index (χ1n) is 5.10. The zero-order valence-electron chi connectivity index (χ0n) is 9.17. The summed E-state index contributed by atoms with van der Waals surface area (Å²) in [4.78, 5) is 14.9. The molecule has 1 unspecified atom stereocenters. The Morgan fingerprint density at radius 1 is 1.41 bits per heavy atom. The van der Waals surface area contributed by atoms with Gasteiger partial charge in [0.15, 0.2) is 0 Å². The Hall–Kier alpha value is -2.17. The zero-order valence-corrected chi connectivity index (χ0v) is 9.17. The molecule has 5 heteroatoms. The maximum Gasteiger partial charge on any atom is 0.312 e. The minimum atomic E-state index is -0.922. The molecule has 0 spiro atoms. The van der Waals surface area contributed by atoms with Crippen molar-refractivity contribution in [3.63, 3.8) is 0 Å². The van der Waals surface area contributed by atoms with Crippen LogP contribution in [-0.2, 0) is 4.79 Å². The Morgan fingerprint density at radius 2 is 2.06 bits per heavy atom. The van der Waals surface area contributed by atoms with Crippen molar-refractivity contribution in [2.75, 3.05) is 0 Å². The second-order valence-electron chi connectivity index (χ2n) is 3.72. The summed E-state index contributed by atoms with van der Waals surface area (Å²) in [5.74, 6) is -1.92. The van der Waals surface area contributed by atoms with E-state index in [9.17, 15) is 9.18 Å². The molecule has 2 aromatic rings. The van der Waals surface area contributed by atoms with Crippen LogP contribution < -0.4 is 0 Å². The van der Waals surface area contributed by atoms with Crippen LogP contribution in [0.2, 0.25) is 0 Å². The number of imidazole rings is 1. The number of aromatic nitrogens is 2. The van der Waals surface area contributed by atoms with Crippen LogP contribution in [0.5, 0.6) is 0 Å². The van der Waals surface area contributed by atoms with Gasteiger partial charge in [-0.1, -0.05) is 0 Å². The number of aliphatic carboxylic acids is 1. The van der Waals surface area contributed by atoms with Crippen LogP contribution in [0, 0.1) is 5.82 Å². The second-order valence-corrected chi connectivity index (χ2v) is 3.72. The highest BCUT2D eigenvalue weighted by molar-refractivity contribution is 5.75. The number of halogens is 1. The van der Waals surface area contributed by atoms with Crippen molar-refractivity contribution in [3.05, 3.63) is 48.3 Å². The lowest BCUT2D eigenvalue weighted by atomic mass is 10.1. The van der Waals surface area contributed by atoms with Crippen LogP contribution >= 0.6 is 0 Å². The molecule has 1 aromatic carbocycles. The van der Waals surface area contributed by atoms with Gasteiger partial charge >= 0.3 is 5.97 Å². The molecule has 4 nitrogen and oxygen atoms in total. The number of carbonyl (C=O) groups is 1. The fraction of sp³-hybridized carbons (Fsp3) is 0.167. The van der Waals surface area contributed by atoms with E-state index < -0.39 is 11.9 Å². The molecule has 0 saturated carbocycles. The van der Waals surface area contributed by atoms with Crippen LogP contribution in [0.3, 0.4) is 0 Å². The number of hydrogen-bond acceptors (Lipinski definition) is 2. The summed E-state index contributed by atoms with van der Waals surface area (Å²) in [6.45, 7) is 1.58. The quantitative estimate of drug-likeness (QED) is 0.885. The van der Waals surface area contributed by atoms with Gasteiger partial charge in [0.1, 0.15) is 5.82 Å². The first kappa shape index (κ1) is 11.3. The van der Waals surface area contributed by atoms with Crippen LogP contribution in [0.25, 0.3) is 5.69 Å². The van der Waals surface area contributed by atoms with Crippen molar-refractivity contribution in [1.82, 2.24) is 9.55 Å². The van der Waals surface area contributed by atoms with Gasteiger partial charge in [-0.05, 0) is 31.2 Å². The summed E-state index contributed by atoms with van der Waals surface area (Å²) in [7, 11) is 0. The van der Waals surface area contributed by atoms with Crippen molar-refractivity contribution in [2.45, 2.75) is 12.8 Å². The molecule has 2 rings (SSSR count). The van der Waals surface area contributed by atoms with Crippen molar-refractivity contribution in [3.8, 4) is 5.69 Å². The van der Waals surface area contributed by atoms with E-state index in [4.69, 9.17) is 5.11 Å². The van der Waals surface area contributed by atoms with Crippen molar-refractivity contribution < 1.29 is 14.3 Å². The van der Waals surface area contributed by atoms with E-state index in [1.54, 1.807) is 23.6 Å². The molecule has 0 amide bonds. The van der Waals surface area contributed by atoms with Crippen molar-refractivity contribution in [2.24, 2.45) is 0 Å². The molecule has 0 bridgehead atoms. The van der Waals surface area contributed by atoms with Gasteiger partial charge in [0.25, 0.3) is 0 Å². The van der Waals surface area contributed by atoms with E-state index in [0.29, 0.717) is 11.4 Å². The number of carboxylic acids is 1. The Morgan fingerprint density at radius 3 is 2.65 bits per heavy atom. The van der Waals surface area contributed by atoms with Crippen LogP contribution in [-0.4, -0.2) is 20.6 Å². The number of benzene rings is 1. The van der Waals surface area contributed by atoms with Gasteiger partial charge in [-0.25, -0.2) is 9.37 Å². The van der Waals surface area contributed by atoms with Crippen LogP contribution in [0.1, 0.15) is 18.5 Å². The number of carboxylic acid groups (broad SMARTS) is 1. The maximum absolute atomic E-state index is 12.8. The fourth-order valence-electron chi connectivity index (χ4n) is 1.57. The van der Waals surface area contributed by atoms with E-state index in [1.165, 1.54) is 24.7 Å². The lowest BCUT2D eigenvalue weighted by molar-refractivity contribution is -0.138. The molecule has 88 valence electrons. The van der Waals surface area contributed by atoms with E-state index >= 15 is 0 Å². The molecule has 0 aliphatic rings. The normalized spacial score (nSPS) is 12.4. The van der Waals surface area contributed by atoms with E-state index in [1.807, 2.05) is 0 Å². The first-order chi connectivity index (χ1) is 8.09. The standard InChI is InChI=1S/C12H11FN2O2/c1-8(12(16)17)11-6-14-7-15(11)10-4-2-9(13)3-5-10/h2-8H,1H3,(H,16,17). The SMILES string of the molecule is CC(C(=O)O)c1cncn1-c1ccc(F)cc1. The molecule has 0 fully saturated rings. The molecule has 1 heterocycles. The van der Waals surface area contributed by atoms with Gasteiger partial charge in [-0.3, -0.25) is 4.79 Å². The third-order valence-corrected chi connectivity index (χ3v) is 2.59. The number of hydrogen-bond donors (Lipinski definition) is 1. The van der Waals surface area contributed by atoms with E-state index in [-0.39, 0.29) is 5.82 Å². The van der Waals surface area contributed by atoms with Gasteiger partial charge < -0.3 is 9.67 Å². The Kier molecular flexibility index (Phi) is 2.91. The first-order valence-corrected chi connectivity index (χ1v) is 5.10. The van der Waals surface area contributed by atoms with E-state index in [2.05, 4.69) is 4.98 Å². The molecule has 1 atom stereocenters. The maximum atomic E-state index is 12.8. The summed E-state index contributed by atoms with van der Waals surface area (Å²) in [6.07, 6.45) is 3.02. The van der Waals surface area contributed by atoms with Gasteiger partial charge in [0.2, 0.25) is 0 Å². The average molecular weight is 234 g/mol. The molecule has 1 aromatic heterocycles. The predicted octanol–water partition coefficient (Wildman–Crippen LogP) is 2.20. The summed E-state index contributed by atoms with van der Waals surface area (Å²) < 4.78 is 14.4. The highest BCUT2D eigenvalue weighted by Gasteiger charge is 2.18. The third kappa shape index (κ3) is 2.18. The Balaban J connectivity index is 2.43. The zero-order chi connectivity index (χ0) is 12.4. The predicted molar refractivity (Wildman–Crippen MR) is 59.6 cm³/mol. The molecular weight excluding hydrogens is 223 g/mol. The summed E-state index contributed by atoms with van der Waals surface area (Å²) in [5, 5.41) is 8.97. The number of nitrogens with zero attached hydrogens (tertiary/aromatic N) is 2. The summed E-state index contributed by atoms with van der Waals surface area (Å²) >= 11 is 0. The topological polar surface area (TPSA) is 55.1 Å². The monoisotopic (exact) mass is 234 g/mol. The van der Waals surface area contributed by atoms with Gasteiger partial charge in [-0.2, -0.15) is 0 Å². The summed E-state index contributed by atoms with van der Waals surface area (Å²) in [5.41, 5.74) is 1.25. The minimum absolute atomic E-state index is 0.332. The molecule has 0 aliphatic carbocycles. The average Bonchev–Trinajstić information content (AvgIpc) is 2.77. The molecule has 0 radical (unpaired) electrons. The second kappa shape index (κ2) is 4.37. The number of rotatable bonds is 3. The fourth-order valence-corrected chi connectivity index (χ4v) is 1.57. The molecule has 0 aliphatic heterocycles. The smallest absolute Gasteiger partial charge is 0.312 e. The molecular formula is C12H11FN2O2. The molecule has 17 heavy (non-hydrogen) atoms. The summed E-state index contributed by atoms with van der Waals surface area (Å²) in [6, 6.07) is 5.80. The largest absolute Gasteiger partial charge is 0.481 e. The molecule has 1 N–H and O–H groups in total. The molecule has 0 saturated heterocycles. The van der Waals surface area contributed by atoms with Gasteiger partial charge in [0, 0.05) is 11.9 Å². The van der Waals surface area contributed by atoms with Crippen molar-refractivity contribution >= 4 is 5.97 Å². The lowest BCUT2D eigenvalue weighted by Gasteiger charge is -2.10. The Labute approximate surface area is 97.3 Å². The Bertz CT molecular complexity index is 534. The van der Waals surface area contributed by atoms with Crippen LogP contribution in [0.15, 0.2) is 36.8 Å². The minimum Gasteiger partial charge on any atom is -0.481 e. The van der Waals surface area contributed by atoms with Crippen LogP contribution in [0.4, 0.5) is 4.39 Å². The third-order valence-electron chi connectivity index (χ3n) is 2.59. The van der Waals surface area contributed by atoms with Gasteiger partial charge in [-0.15, -0.1) is 0 Å². The van der Waals surface area contributed by atoms with E-state index in [0.717, 1.165) is 0 Å². The highest BCUT2D eigenvalue weighted by atomic mass is 19.1.